The van der Waals surface area contributed by atoms with E-state index < -0.39 is 0 Å². The normalized spacial score (nSPS) is 18.7. The Labute approximate surface area is 121 Å². The van der Waals surface area contributed by atoms with Crippen LogP contribution < -0.4 is 4.74 Å². The van der Waals surface area contributed by atoms with Gasteiger partial charge in [-0.2, -0.15) is 0 Å². The van der Waals surface area contributed by atoms with Crippen molar-refractivity contribution < 1.29 is 23.8 Å². The Kier molecular flexibility index (Phi) is 4.97. The lowest BCUT2D eigenvalue weighted by molar-refractivity contribution is -0.145. The molecule has 0 spiro atoms. The van der Waals surface area contributed by atoms with Crippen LogP contribution in [0.3, 0.4) is 0 Å². The van der Waals surface area contributed by atoms with Crippen LogP contribution in [0, 0.1) is 0 Å². The molecule has 6 nitrogen and oxygen atoms in total. The fourth-order valence-electron chi connectivity index (χ4n) is 2.05. The minimum absolute atomic E-state index is 0.0879. The van der Waals surface area contributed by atoms with E-state index in [4.69, 9.17) is 9.47 Å². The number of methoxy groups -OCH3 is 2. The summed E-state index contributed by atoms with van der Waals surface area (Å²) in [6.07, 6.45) is -0.159. The highest BCUT2D eigenvalue weighted by molar-refractivity contribution is 7.12. The Bertz CT molecular complexity index is 487. The van der Waals surface area contributed by atoms with E-state index in [-0.39, 0.29) is 24.4 Å². The molecular formula is C13H17NO5S. The minimum atomic E-state index is -0.335. The van der Waals surface area contributed by atoms with E-state index in [9.17, 15) is 9.59 Å². The number of hydrogen-bond acceptors (Lipinski definition) is 6. The van der Waals surface area contributed by atoms with Gasteiger partial charge >= 0.3 is 5.97 Å². The van der Waals surface area contributed by atoms with Crippen molar-refractivity contribution in [2.24, 2.45) is 0 Å². The molecule has 2 rings (SSSR count). The highest BCUT2D eigenvalue weighted by Gasteiger charge is 2.28. The molecule has 1 fully saturated rings. The van der Waals surface area contributed by atoms with Gasteiger partial charge in [0.2, 0.25) is 0 Å². The molecule has 110 valence electrons. The van der Waals surface area contributed by atoms with Gasteiger partial charge in [-0.3, -0.25) is 9.59 Å². The zero-order chi connectivity index (χ0) is 14.5. The van der Waals surface area contributed by atoms with E-state index >= 15 is 0 Å². The van der Waals surface area contributed by atoms with Crippen molar-refractivity contribution in [3.8, 4) is 5.75 Å². The summed E-state index contributed by atoms with van der Waals surface area (Å²) in [6, 6.07) is 1.77. The summed E-state index contributed by atoms with van der Waals surface area (Å²) >= 11 is 1.35. The Morgan fingerprint density at radius 2 is 2.30 bits per heavy atom. The number of esters is 1. The van der Waals surface area contributed by atoms with E-state index in [1.165, 1.54) is 25.6 Å². The molecule has 1 unspecified atom stereocenters. The number of nitrogens with zero attached hydrogens (tertiary/aromatic N) is 1. The van der Waals surface area contributed by atoms with Crippen molar-refractivity contribution in [3.63, 3.8) is 0 Å². The maximum atomic E-state index is 12.4. The van der Waals surface area contributed by atoms with Crippen LogP contribution in [-0.2, 0) is 14.3 Å². The van der Waals surface area contributed by atoms with Gasteiger partial charge in [-0.25, -0.2) is 0 Å². The van der Waals surface area contributed by atoms with Gasteiger partial charge in [0.15, 0.2) is 0 Å². The molecule has 0 aliphatic carbocycles. The summed E-state index contributed by atoms with van der Waals surface area (Å²) in [4.78, 5) is 25.9. The molecule has 7 heteroatoms. The molecule has 2 heterocycles. The fraction of sp³-hybridized carbons (Fsp3) is 0.538. The van der Waals surface area contributed by atoms with Gasteiger partial charge in [0.05, 0.1) is 33.4 Å². The lowest BCUT2D eigenvalue weighted by Gasteiger charge is -2.32. The van der Waals surface area contributed by atoms with Gasteiger partial charge in [-0.15, -0.1) is 11.3 Å². The van der Waals surface area contributed by atoms with Crippen LogP contribution in [0.25, 0.3) is 0 Å². The summed E-state index contributed by atoms with van der Waals surface area (Å²) in [6.45, 7) is 1.31. The number of rotatable bonds is 4. The van der Waals surface area contributed by atoms with Gasteiger partial charge < -0.3 is 19.1 Å². The van der Waals surface area contributed by atoms with Crippen molar-refractivity contribution in [2.45, 2.75) is 12.5 Å². The quantitative estimate of drug-likeness (QED) is 0.781. The molecule has 1 aliphatic heterocycles. The molecule has 1 atom stereocenters. The molecule has 0 aromatic carbocycles. The van der Waals surface area contributed by atoms with Crippen molar-refractivity contribution in [1.29, 1.82) is 0 Å². The molecule has 1 saturated heterocycles. The first-order chi connectivity index (χ1) is 9.65. The van der Waals surface area contributed by atoms with Crippen molar-refractivity contribution >= 4 is 23.2 Å². The predicted molar refractivity (Wildman–Crippen MR) is 73.1 cm³/mol. The fourth-order valence-corrected chi connectivity index (χ4v) is 2.88. The summed E-state index contributed by atoms with van der Waals surface area (Å²) in [5.41, 5.74) is 0. The Morgan fingerprint density at radius 3 is 3.00 bits per heavy atom. The number of ether oxygens (including phenoxy) is 3. The Hall–Kier alpha value is -1.60. The van der Waals surface area contributed by atoms with Gasteiger partial charge in [-0.1, -0.05) is 0 Å². The number of thiophene rings is 1. The summed E-state index contributed by atoms with van der Waals surface area (Å²) in [5.74, 6) is 0.157. The van der Waals surface area contributed by atoms with Crippen molar-refractivity contribution in [2.75, 3.05) is 33.9 Å². The molecule has 20 heavy (non-hydrogen) atoms. The second-order valence-electron chi connectivity index (χ2n) is 4.34. The molecule has 0 N–H and O–H groups in total. The zero-order valence-electron chi connectivity index (χ0n) is 11.5. The maximum Gasteiger partial charge on any atom is 0.308 e. The molecule has 0 saturated carbocycles. The third-order valence-electron chi connectivity index (χ3n) is 3.09. The number of amides is 1. The first-order valence-electron chi connectivity index (χ1n) is 6.25. The van der Waals surface area contributed by atoms with Crippen LogP contribution in [0.4, 0.5) is 0 Å². The first-order valence-corrected chi connectivity index (χ1v) is 7.12. The van der Waals surface area contributed by atoms with E-state index in [2.05, 4.69) is 4.74 Å². The zero-order valence-corrected chi connectivity index (χ0v) is 12.3. The van der Waals surface area contributed by atoms with Gasteiger partial charge in [0.25, 0.3) is 5.91 Å². The third-order valence-corrected chi connectivity index (χ3v) is 3.97. The topological polar surface area (TPSA) is 65.1 Å². The molecular weight excluding hydrogens is 282 g/mol. The lowest BCUT2D eigenvalue weighted by atomic mass is 10.2. The predicted octanol–water partition coefficient (Wildman–Crippen LogP) is 1.16. The molecule has 1 amide bonds. The summed E-state index contributed by atoms with van der Waals surface area (Å²) in [5, 5.41) is 1.82. The highest BCUT2D eigenvalue weighted by Crippen LogP contribution is 2.26. The average Bonchev–Trinajstić information content (AvgIpc) is 2.95. The van der Waals surface area contributed by atoms with Gasteiger partial charge in [0.1, 0.15) is 10.6 Å². The van der Waals surface area contributed by atoms with Crippen LogP contribution in [-0.4, -0.2) is 56.8 Å². The second kappa shape index (κ2) is 6.71. The SMILES string of the molecule is COC(=O)CC1CN(C(=O)c2sccc2OC)CCO1. The monoisotopic (exact) mass is 299 g/mol. The van der Waals surface area contributed by atoms with Crippen LogP contribution in [0.5, 0.6) is 5.75 Å². The Morgan fingerprint density at radius 1 is 1.50 bits per heavy atom. The first kappa shape index (κ1) is 14.8. The number of morpholine rings is 1. The molecule has 0 bridgehead atoms. The van der Waals surface area contributed by atoms with Crippen molar-refractivity contribution in [1.82, 2.24) is 4.90 Å². The van der Waals surface area contributed by atoms with Crippen LogP contribution >= 0.6 is 11.3 Å². The molecule has 1 aromatic rings. The molecule has 1 aromatic heterocycles. The van der Waals surface area contributed by atoms with E-state index in [1.54, 1.807) is 11.0 Å². The van der Waals surface area contributed by atoms with E-state index in [1.807, 2.05) is 5.38 Å². The van der Waals surface area contributed by atoms with Crippen LogP contribution in [0.2, 0.25) is 0 Å². The lowest BCUT2D eigenvalue weighted by Crippen LogP contribution is -2.46. The highest BCUT2D eigenvalue weighted by atomic mass is 32.1. The number of carbonyl (C=O) groups excluding carboxylic acids is 2. The van der Waals surface area contributed by atoms with E-state index in [0.717, 1.165) is 0 Å². The third kappa shape index (κ3) is 3.29. The van der Waals surface area contributed by atoms with E-state index in [0.29, 0.717) is 30.3 Å². The largest absolute Gasteiger partial charge is 0.495 e. The number of carbonyl (C=O) groups is 2. The summed E-state index contributed by atoms with van der Waals surface area (Å²) < 4.78 is 15.3. The van der Waals surface area contributed by atoms with Gasteiger partial charge in [-0.05, 0) is 11.4 Å². The average molecular weight is 299 g/mol. The maximum absolute atomic E-state index is 12.4. The second-order valence-corrected chi connectivity index (χ2v) is 5.26. The van der Waals surface area contributed by atoms with Gasteiger partial charge in [0, 0.05) is 13.1 Å². The Balaban J connectivity index is 2.01. The standard InChI is InChI=1S/C13H17NO5S/c1-17-10-3-6-20-12(10)13(16)14-4-5-19-9(8-14)7-11(15)18-2/h3,6,9H,4-5,7-8H2,1-2H3. The molecule has 1 aliphatic rings. The summed E-state index contributed by atoms with van der Waals surface area (Å²) in [7, 11) is 2.88. The molecule has 0 radical (unpaired) electrons. The van der Waals surface area contributed by atoms with Crippen LogP contribution in [0.1, 0.15) is 16.1 Å². The van der Waals surface area contributed by atoms with Crippen LogP contribution in [0.15, 0.2) is 11.4 Å². The van der Waals surface area contributed by atoms with Crippen molar-refractivity contribution in [3.05, 3.63) is 16.3 Å². The number of hydrogen-bond donors (Lipinski definition) is 0. The smallest absolute Gasteiger partial charge is 0.308 e. The minimum Gasteiger partial charge on any atom is -0.495 e.